The van der Waals surface area contributed by atoms with E-state index in [0.717, 1.165) is 11.1 Å². The molecule has 0 amide bonds. The Balaban J connectivity index is 2.61. The van der Waals surface area contributed by atoms with E-state index in [-0.39, 0.29) is 18.1 Å². The number of pyridine rings is 1. The van der Waals surface area contributed by atoms with Crippen molar-refractivity contribution in [3.63, 3.8) is 0 Å². The molecule has 124 valence electrons. The average molecular weight is 317 g/mol. The standard InChI is InChI=1S/C18H23NO4/c1-11-8-12(2)17(21)18(9-11,10-16(20)23-5)14-6-7-15(22-4)19-13(14)3/h6-8,12H,9-10H2,1-5H3/t12-,18+/m1/s1. The van der Waals surface area contributed by atoms with Crippen molar-refractivity contribution < 1.29 is 19.1 Å². The molecular formula is C18H23NO4. The molecule has 0 fully saturated rings. The summed E-state index contributed by atoms with van der Waals surface area (Å²) < 4.78 is 9.99. The highest BCUT2D eigenvalue weighted by molar-refractivity contribution is 5.98. The molecule has 0 bridgehead atoms. The van der Waals surface area contributed by atoms with E-state index in [1.165, 1.54) is 7.11 Å². The number of nitrogens with zero attached hydrogens (tertiary/aromatic N) is 1. The number of carbonyl (C=O) groups excluding carboxylic acids is 2. The quantitative estimate of drug-likeness (QED) is 0.631. The highest BCUT2D eigenvalue weighted by Crippen LogP contribution is 2.43. The minimum Gasteiger partial charge on any atom is -0.481 e. The van der Waals surface area contributed by atoms with Gasteiger partial charge in [-0.2, -0.15) is 0 Å². The molecule has 1 aliphatic rings. The van der Waals surface area contributed by atoms with Crippen LogP contribution in [0.15, 0.2) is 23.8 Å². The SMILES string of the molecule is COC(=O)C[C@]1(c2ccc(OC)nc2C)CC(C)=C[C@@H](C)C1=O. The van der Waals surface area contributed by atoms with Crippen LogP contribution in [-0.4, -0.2) is 31.0 Å². The van der Waals surface area contributed by atoms with Crippen molar-refractivity contribution in [3.05, 3.63) is 35.0 Å². The molecule has 23 heavy (non-hydrogen) atoms. The summed E-state index contributed by atoms with van der Waals surface area (Å²) in [4.78, 5) is 29.4. The van der Waals surface area contributed by atoms with E-state index >= 15 is 0 Å². The zero-order valence-electron chi connectivity index (χ0n) is 14.3. The number of hydrogen-bond acceptors (Lipinski definition) is 5. The van der Waals surface area contributed by atoms with Crippen LogP contribution in [0.5, 0.6) is 5.88 Å². The van der Waals surface area contributed by atoms with Crippen molar-refractivity contribution in [2.45, 2.75) is 39.0 Å². The molecule has 2 rings (SSSR count). The van der Waals surface area contributed by atoms with Crippen LogP contribution in [0.2, 0.25) is 0 Å². The maximum atomic E-state index is 13.0. The van der Waals surface area contributed by atoms with Gasteiger partial charge in [0.05, 0.1) is 26.1 Å². The van der Waals surface area contributed by atoms with Crippen LogP contribution in [-0.2, 0) is 19.7 Å². The Morgan fingerprint density at radius 1 is 1.35 bits per heavy atom. The maximum absolute atomic E-state index is 13.0. The molecule has 0 N–H and O–H groups in total. The smallest absolute Gasteiger partial charge is 0.306 e. The largest absolute Gasteiger partial charge is 0.481 e. The van der Waals surface area contributed by atoms with Crippen LogP contribution in [0.25, 0.3) is 0 Å². The fraction of sp³-hybridized carbons (Fsp3) is 0.500. The fourth-order valence-electron chi connectivity index (χ4n) is 3.51. The Morgan fingerprint density at radius 3 is 2.61 bits per heavy atom. The van der Waals surface area contributed by atoms with Crippen molar-refractivity contribution in [1.82, 2.24) is 4.98 Å². The lowest BCUT2D eigenvalue weighted by atomic mass is 9.63. The molecule has 0 spiro atoms. The van der Waals surface area contributed by atoms with Crippen LogP contribution in [0, 0.1) is 12.8 Å². The molecule has 0 unspecified atom stereocenters. The van der Waals surface area contributed by atoms with E-state index in [2.05, 4.69) is 4.98 Å². The number of carbonyl (C=O) groups is 2. The summed E-state index contributed by atoms with van der Waals surface area (Å²) in [6.45, 7) is 5.69. The Kier molecular flexibility index (Phi) is 4.88. The molecule has 1 aromatic heterocycles. The van der Waals surface area contributed by atoms with Crippen molar-refractivity contribution in [3.8, 4) is 5.88 Å². The van der Waals surface area contributed by atoms with Gasteiger partial charge in [0.2, 0.25) is 5.88 Å². The molecule has 0 radical (unpaired) electrons. The van der Waals surface area contributed by atoms with Crippen molar-refractivity contribution in [2.24, 2.45) is 5.92 Å². The summed E-state index contributed by atoms with van der Waals surface area (Å²) in [7, 11) is 2.89. The topological polar surface area (TPSA) is 65.5 Å². The number of esters is 1. The van der Waals surface area contributed by atoms with Crippen molar-refractivity contribution >= 4 is 11.8 Å². The lowest BCUT2D eigenvalue weighted by molar-refractivity contribution is -0.145. The third-order valence-corrected chi connectivity index (χ3v) is 4.46. The van der Waals surface area contributed by atoms with Gasteiger partial charge in [0.25, 0.3) is 0 Å². The predicted octanol–water partition coefficient (Wildman–Crippen LogP) is 2.75. The van der Waals surface area contributed by atoms with Gasteiger partial charge in [-0.15, -0.1) is 0 Å². The molecule has 0 saturated carbocycles. The third kappa shape index (κ3) is 3.14. The van der Waals surface area contributed by atoms with Gasteiger partial charge in [0, 0.05) is 17.7 Å². The first-order valence-corrected chi connectivity index (χ1v) is 7.64. The van der Waals surface area contributed by atoms with Gasteiger partial charge >= 0.3 is 5.97 Å². The zero-order chi connectivity index (χ0) is 17.2. The molecule has 0 aliphatic heterocycles. The number of Topliss-reactive ketones (excluding diaryl/α,β-unsaturated/α-hetero) is 1. The first-order valence-electron chi connectivity index (χ1n) is 7.64. The first-order chi connectivity index (χ1) is 10.8. The molecule has 1 heterocycles. The van der Waals surface area contributed by atoms with E-state index in [0.29, 0.717) is 18.0 Å². The first kappa shape index (κ1) is 17.2. The molecule has 1 aromatic rings. The van der Waals surface area contributed by atoms with Gasteiger partial charge in [0.15, 0.2) is 5.78 Å². The number of aromatic nitrogens is 1. The molecule has 2 atom stereocenters. The van der Waals surface area contributed by atoms with Gasteiger partial charge in [-0.25, -0.2) is 4.98 Å². The molecule has 5 heteroatoms. The van der Waals surface area contributed by atoms with Crippen molar-refractivity contribution in [2.75, 3.05) is 14.2 Å². The monoisotopic (exact) mass is 317 g/mol. The highest BCUT2D eigenvalue weighted by atomic mass is 16.5. The van der Waals surface area contributed by atoms with Gasteiger partial charge in [0.1, 0.15) is 0 Å². The van der Waals surface area contributed by atoms with Gasteiger partial charge in [-0.05, 0) is 25.8 Å². The summed E-state index contributed by atoms with van der Waals surface area (Å²) in [6, 6.07) is 3.57. The Morgan fingerprint density at radius 2 is 2.04 bits per heavy atom. The van der Waals surface area contributed by atoms with Gasteiger partial charge < -0.3 is 9.47 Å². The summed E-state index contributed by atoms with van der Waals surface area (Å²) in [6.07, 6.45) is 2.48. The van der Waals surface area contributed by atoms with Crippen LogP contribution in [0.4, 0.5) is 0 Å². The van der Waals surface area contributed by atoms with Crippen LogP contribution in [0.1, 0.15) is 37.9 Å². The van der Waals surface area contributed by atoms with E-state index in [1.54, 1.807) is 13.2 Å². The second-order valence-corrected chi connectivity index (χ2v) is 6.16. The van der Waals surface area contributed by atoms with Crippen LogP contribution in [0.3, 0.4) is 0 Å². The third-order valence-electron chi connectivity index (χ3n) is 4.46. The molecule has 1 aliphatic carbocycles. The molecule has 0 aromatic carbocycles. The van der Waals surface area contributed by atoms with Crippen LogP contribution < -0.4 is 4.74 Å². The number of methoxy groups -OCH3 is 2. The van der Waals surface area contributed by atoms with E-state index in [1.807, 2.05) is 32.9 Å². The Hall–Kier alpha value is -2.17. The van der Waals surface area contributed by atoms with Gasteiger partial charge in [-0.1, -0.05) is 24.6 Å². The number of allylic oxidation sites excluding steroid dienone is 2. The van der Waals surface area contributed by atoms with E-state index < -0.39 is 11.4 Å². The number of aryl methyl sites for hydroxylation is 1. The van der Waals surface area contributed by atoms with Crippen LogP contribution >= 0.6 is 0 Å². The second-order valence-electron chi connectivity index (χ2n) is 6.16. The number of rotatable bonds is 4. The summed E-state index contributed by atoms with van der Waals surface area (Å²) >= 11 is 0. The summed E-state index contributed by atoms with van der Waals surface area (Å²) in [5.41, 5.74) is 1.64. The van der Waals surface area contributed by atoms with Gasteiger partial charge in [-0.3, -0.25) is 9.59 Å². The minimum atomic E-state index is -0.922. The minimum absolute atomic E-state index is 0.0205. The van der Waals surface area contributed by atoms with E-state index in [9.17, 15) is 9.59 Å². The summed E-state index contributed by atoms with van der Waals surface area (Å²) in [5, 5.41) is 0. The van der Waals surface area contributed by atoms with Crippen molar-refractivity contribution in [1.29, 1.82) is 0 Å². The van der Waals surface area contributed by atoms with E-state index in [4.69, 9.17) is 9.47 Å². The average Bonchev–Trinajstić information content (AvgIpc) is 2.51. The number of hydrogen-bond donors (Lipinski definition) is 0. The second kappa shape index (κ2) is 6.52. The lowest BCUT2D eigenvalue weighted by Gasteiger charge is -2.38. The maximum Gasteiger partial charge on any atom is 0.306 e. The Bertz CT molecular complexity index is 665. The zero-order valence-corrected chi connectivity index (χ0v) is 14.3. The molecule has 5 nitrogen and oxygen atoms in total. The number of ketones is 1. The normalized spacial score (nSPS) is 24.1. The molecule has 0 saturated heterocycles. The predicted molar refractivity (Wildman–Crippen MR) is 86.4 cm³/mol. The molecular weight excluding hydrogens is 294 g/mol. The number of ether oxygens (including phenoxy) is 2. The Labute approximate surface area is 136 Å². The highest BCUT2D eigenvalue weighted by Gasteiger charge is 2.47. The summed E-state index contributed by atoms with van der Waals surface area (Å²) in [5.74, 6) is -0.114. The fourth-order valence-corrected chi connectivity index (χ4v) is 3.51. The lowest BCUT2D eigenvalue weighted by Crippen LogP contribution is -2.44.